The minimum absolute atomic E-state index is 0.193. The van der Waals surface area contributed by atoms with Crippen molar-refractivity contribution < 1.29 is 10.2 Å². The van der Waals surface area contributed by atoms with E-state index in [2.05, 4.69) is 18.7 Å². The van der Waals surface area contributed by atoms with Crippen molar-refractivity contribution in [1.82, 2.24) is 4.90 Å². The van der Waals surface area contributed by atoms with Gasteiger partial charge in [0, 0.05) is 12.6 Å². The molecule has 3 heteroatoms. The molecule has 0 aromatic heterocycles. The van der Waals surface area contributed by atoms with E-state index in [-0.39, 0.29) is 5.75 Å². The van der Waals surface area contributed by atoms with Crippen LogP contribution in [-0.2, 0) is 0 Å². The number of phenols is 1. The van der Waals surface area contributed by atoms with E-state index in [4.69, 9.17) is 0 Å². The van der Waals surface area contributed by atoms with Crippen molar-refractivity contribution in [3.05, 3.63) is 29.8 Å². The average Bonchev–Trinajstić information content (AvgIpc) is 2.17. The number of nitrogens with zero attached hydrogens (tertiary/aromatic N) is 1. The standard InChI is InChI=1S/C12H19NO2/c1-9(2)13(3)8-12(15)10-5-4-6-11(14)7-10/h4-7,9,12,14-15H,8H2,1-3H3/t12-/m0/s1. The molecule has 0 saturated heterocycles. The lowest BCUT2D eigenvalue weighted by atomic mass is 10.1. The highest BCUT2D eigenvalue weighted by molar-refractivity contribution is 5.28. The predicted octanol–water partition coefficient (Wildman–Crippen LogP) is 1.77. The lowest BCUT2D eigenvalue weighted by Gasteiger charge is -2.24. The molecule has 0 aliphatic heterocycles. The molecule has 0 unspecified atom stereocenters. The Balaban J connectivity index is 2.64. The number of aliphatic hydroxyl groups is 1. The molecule has 2 N–H and O–H groups in total. The van der Waals surface area contributed by atoms with Gasteiger partial charge in [0.25, 0.3) is 0 Å². The quantitative estimate of drug-likeness (QED) is 0.794. The van der Waals surface area contributed by atoms with E-state index in [0.717, 1.165) is 5.56 Å². The van der Waals surface area contributed by atoms with Crippen LogP contribution < -0.4 is 0 Å². The van der Waals surface area contributed by atoms with Gasteiger partial charge in [-0.3, -0.25) is 0 Å². The van der Waals surface area contributed by atoms with Gasteiger partial charge in [0.1, 0.15) is 5.75 Å². The molecule has 0 spiro atoms. The summed E-state index contributed by atoms with van der Waals surface area (Å²) in [5.74, 6) is 0.193. The van der Waals surface area contributed by atoms with Crippen LogP contribution in [0.15, 0.2) is 24.3 Å². The zero-order valence-corrected chi connectivity index (χ0v) is 9.51. The first kappa shape index (κ1) is 12.0. The molecule has 0 amide bonds. The molecule has 0 aliphatic rings. The van der Waals surface area contributed by atoms with Crippen LogP contribution in [0.25, 0.3) is 0 Å². The van der Waals surface area contributed by atoms with Crippen LogP contribution in [-0.4, -0.2) is 34.7 Å². The molecular weight excluding hydrogens is 190 g/mol. The predicted molar refractivity (Wildman–Crippen MR) is 60.8 cm³/mol. The fraction of sp³-hybridized carbons (Fsp3) is 0.500. The largest absolute Gasteiger partial charge is 0.508 e. The maximum absolute atomic E-state index is 9.91. The molecule has 0 heterocycles. The van der Waals surface area contributed by atoms with Crippen LogP contribution in [0.1, 0.15) is 25.5 Å². The van der Waals surface area contributed by atoms with E-state index < -0.39 is 6.10 Å². The molecule has 0 fully saturated rings. The maximum atomic E-state index is 9.91. The van der Waals surface area contributed by atoms with Crippen molar-refractivity contribution in [1.29, 1.82) is 0 Å². The van der Waals surface area contributed by atoms with Crippen molar-refractivity contribution in [2.45, 2.75) is 26.0 Å². The van der Waals surface area contributed by atoms with Crippen LogP contribution in [0.3, 0.4) is 0 Å². The summed E-state index contributed by atoms with van der Waals surface area (Å²) in [5, 5.41) is 19.2. The zero-order chi connectivity index (χ0) is 11.4. The summed E-state index contributed by atoms with van der Waals surface area (Å²) in [7, 11) is 1.97. The van der Waals surface area contributed by atoms with Gasteiger partial charge in [-0.05, 0) is 38.6 Å². The lowest BCUT2D eigenvalue weighted by Crippen LogP contribution is -2.30. The van der Waals surface area contributed by atoms with E-state index >= 15 is 0 Å². The van der Waals surface area contributed by atoms with Crippen LogP contribution in [0.4, 0.5) is 0 Å². The Bertz CT molecular complexity index is 312. The number of hydrogen-bond donors (Lipinski definition) is 2. The van der Waals surface area contributed by atoms with Crippen molar-refractivity contribution in [3.8, 4) is 5.75 Å². The molecular formula is C12H19NO2. The first-order valence-electron chi connectivity index (χ1n) is 5.18. The molecule has 1 atom stereocenters. The molecule has 0 saturated carbocycles. The number of phenolic OH excluding ortho intramolecular Hbond substituents is 1. The number of likely N-dealkylation sites (N-methyl/N-ethyl adjacent to an activating group) is 1. The molecule has 0 bridgehead atoms. The minimum atomic E-state index is -0.551. The zero-order valence-electron chi connectivity index (χ0n) is 9.51. The fourth-order valence-electron chi connectivity index (χ4n) is 1.32. The highest BCUT2D eigenvalue weighted by atomic mass is 16.3. The molecule has 0 radical (unpaired) electrons. The first-order valence-corrected chi connectivity index (χ1v) is 5.18. The second-order valence-electron chi connectivity index (χ2n) is 4.14. The number of hydrogen-bond acceptors (Lipinski definition) is 3. The highest BCUT2D eigenvalue weighted by Gasteiger charge is 2.12. The maximum Gasteiger partial charge on any atom is 0.115 e. The van der Waals surface area contributed by atoms with E-state index in [1.54, 1.807) is 18.2 Å². The Morgan fingerprint density at radius 2 is 2.00 bits per heavy atom. The van der Waals surface area contributed by atoms with Crippen molar-refractivity contribution in [3.63, 3.8) is 0 Å². The summed E-state index contributed by atoms with van der Waals surface area (Å²) in [6.45, 7) is 4.73. The molecule has 1 aromatic rings. The molecule has 0 aliphatic carbocycles. The van der Waals surface area contributed by atoms with E-state index in [1.165, 1.54) is 0 Å². The Kier molecular flexibility index (Phi) is 4.12. The van der Waals surface area contributed by atoms with Crippen LogP contribution >= 0.6 is 0 Å². The third kappa shape index (κ3) is 3.53. The first-order chi connectivity index (χ1) is 7.00. The van der Waals surface area contributed by atoms with Gasteiger partial charge >= 0.3 is 0 Å². The summed E-state index contributed by atoms with van der Waals surface area (Å²) in [4.78, 5) is 2.06. The van der Waals surface area contributed by atoms with Gasteiger partial charge in [-0.2, -0.15) is 0 Å². The summed E-state index contributed by atoms with van der Waals surface area (Å²) >= 11 is 0. The van der Waals surface area contributed by atoms with Gasteiger partial charge in [-0.1, -0.05) is 12.1 Å². The summed E-state index contributed by atoms with van der Waals surface area (Å²) in [6.07, 6.45) is -0.551. The molecule has 3 nitrogen and oxygen atoms in total. The van der Waals surface area contributed by atoms with Gasteiger partial charge in [0.15, 0.2) is 0 Å². The molecule has 1 aromatic carbocycles. The Labute approximate surface area is 91.0 Å². The average molecular weight is 209 g/mol. The number of aliphatic hydroxyl groups excluding tert-OH is 1. The Morgan fingerprint density at radius 3 is 2.53 bits per heavy atom. The van der Waals surface area contributed by atoms with Gasteiger partial charge in [0.05, 0.1) is 6.10 Å². The Morgan fingerprint density at radius 1 is 1.33 bits per heavy atom. The molecule has 15 heavy (non-hydrogen) atoms. The van der Waals surface area contributed by atoms with Gasteiger partial charge in [-0.25, -0.2) is 0 Å². The highest BCUT2D eigenvalue weighted by Crippen LogP contribution is 2.19. The molecule has 84 valence electrons. The van der Waals surface area contributed by atoms with Crippen molar-refractivity contribution in [2.75, 3.05) is 13.6 Å². The number of rotatable bonds is 4. The SMILES string of the molecule is CC(C)N(C)C[C@H](O)c1cccc(O)c1. The lowest BCUT2D eigenvalue weighted by molar-refractivity contribution is 0.112. The minimum Gasteiger partial charge on any atom is -0.508 e. The van der Waals surface area contributed by atoms with Crippen LogP contribution in [0.5, 0.6) is 5.75 Å². The second kappa shape index (κ2) is 5.14. The normalized spacial score (nSPS) is 13.5. The third-order valence-electron chi connectivity index (χ3n) is 2.60. The van der Waals surface area contributed by atoms with Gasteiger partial charge < -0.3 is 15.1 Å². The van der Waals surface area contributed by atoms with E-state index in [9.17, 15) is 10.2 Å². The Hall–Kier alpha value is -1.06. The fourth-order valence-corrected chi connectivity index (χ4v) is 1.32. The van der Waals surface area contributed by atoms with Crippen LogP contribution in [0, 0.1) is 0 Å². The monoisotopic (exact) mass is 209 g/mol. The van der Waals surface area contributed by atoms with Gasteiger partial charge in [0.2, 0.25) is 0 Å². The van der Waals surface area contributed by atoms with Crippen molar-refractivity contribution >= 4 is 0 Å². The third-order valence-corrected chi connectivity index (χ3v) is 2.60. The van der Waals surface area contributed by atoms with Gasteiger partial charge in [-0.15, -0.1) is 0 Å². The molecule has 1 rings (SSSR count). The summed E-state index contributed by atoms with van der Waals surface area (Å²) < 4.78 is 0. The number of aromatic hydroxyl groups is 1. The van der Waals surface area contributed by atoms with E-state index in [1.807, 2.05) is 13.1 Å². The van der Waals surface area contributed by atoms with E-state index in [0.29, 0.717) is 12.6 Å². The summed E-state index contributed by atoms with van der Waals surface area (Å²) in [5.41, 5.74) is 0.752. The topological polar surface area (TPSA) is 43.7 Å². The number of benzene rings is 1. The van der Waals surface area contributed by atoms with Crippen LogP contribution in [0.2, 0.25) is 0 Å². The smallest absolute Gasteiger partial charge is 0.115 e. The summed E-state index contributed by atoms with van der Waals surface area (Å²) in [6, 6.07) is 7.15. The second-order valence-corrected chi connectivity index (χ2v) is 4.14. The van der Waals surface area contributed by atoms with Crippen molar-refractivity contribution in [2.24, 2.45) is 0 Å².